The second kappa shape index (κ2) is 8.37. The molecule has 0 fully saturated rings. The van der Waals surface area contributed by atoms with Gasteiger partial charge in [-0.2, -0.15) is 4.98 Å². The van der Waals surface area contributed by atoms with Crippen LogP contribution in [0.5, 0.6) is 5.75 Å². The molecule has 2 aromatic carbocycles. The van der Waals surface area contributed by atoms with Crippen LogP contribution in [0.1, 0.15) is 10.4 Å². The summed E-state index contributed by atoms with van der Waals surface area (Å²) in [6.07, 6.45) is 1.60. The number of rotatable bonds is 6. The average molecular weight is 385 g/mol. The van der Waals surface area contributed by atoms with Crippen molar-refractivity contribution in [2.45, 2.75) is 0 Å². The molecule has 1 aromatic heterocycles. The smallest absolute Gasteiger partial charge is 0.339 e. The molecule has 0 amide bonds. The first-order chi connectivity index (χ1) is 13.1. The van der Waals surface area contributed by atoms with Crippen LogP contribution in [0, 0.1) is 0 Å². The Morgan fingerprint density at radius 2 is 1.89 bits per heavy atom. The topological polar surface area (TPSA) is 85.4 Å². The molecule has 0 spiro atoms. The second-order valence-corrected chi connectivity index (χ2v) is 5.81. The molecule has 2 N–H and O–H groups in total. The van der Waals surface area contributed by atoms with E-state index in [9.17, 15) is 4.79 Å². The summed E-state index contributed by atoms with van der Waals surface area (Å²) in [6, 6.07) is 14.0. The Hall–Kier alpha value is -3.32. The Kier molecular flexibility index (Phi) is 5.73. The van der Waals surface area contributed by atoms with Gasteiger partial charge in [0.2, 0.25) is 5.95 Å². The van der Waals surface area contributed by atoms with Gasteiger partial charge in [-0.1, -0.05) is 23.7 Å². The van der Waals surface area contributed by atoms with Crippen LogP contribution in [-0.4, -0.2) is 30.2 Å². The van der Waals surface area contributed by atoms with E-state index in [-0.39, 0.29) is 0 Å². The van der Waals surface area contributed by atoms with E-state index in [2.05, 4.69) is 20.6 Å². The third-order valence-corrected chi connectivity index (χ3v) is 3.95. The van der Waals surface area contributed by atoms with Crippen LogP contribution >= 0.6 is 11.6 Å². The van der Waals surface area contributed by atoms with E-state index in [1.807, 2.05) is 6.07 Å². The van der Waals surface area contributed by atoms with Gasteiger partial charge in [0.1, 0.15) is 11.6 Å². The zero-order valence-corrected chi connectivity index (χ0v) is 15.4. The van der Waals surface area contributed by atoms with Gasteiger partial charge < -0.3 is 20.1 Å². The number of nitrogens with zero attached hydrogens (tertiary/aromatic N) is 2. The van der Waals surface area contributed by atoms with Crippen molar-refractivity contribution in [2.24, 2.45) is 0 Å². The van der Waals surface area contributed by atoms with Crippen LogP contribution < -0.4 is 15.4 Å². The van der Waals surface area contributed by atoms with Gasteiger partial charge in [0, 0.05) is 11.9 Å². The Morgan fingerprint density at radius 1 is 1.07 bits per heavy atom. The number of ether oxygens (including phenoxy) is 2. The van der Waals surface area contributed by atoms with Crippen molar-refractivity contribution in [3.63, 3.8) is 0 Å². The number of hydrogen-bond donors (Lipinski definition) is 2. The van der Waals surface area contributed by atoms with E-state index in [0.29, 0.717) is 39.5 Å². The van der Waals surface area contributed by atoms with Gasteiger partial charge in [-0.25, -0.2) is 9.78 Å². The van der Waals surface area contributed by atoms with Gasteiger partial charge >= 0.3 is 5.97 Å². The number of methoxy groups -OCH3 is 2. The summed E-state index contributed by atoms with van der Waals surface area (Å²) in [4.78, 5) is 20.5. The van der Waals surface area contributed by atoms with Crippen molar-refractivity contribution >= 4 is 40.7 Å². The van der Waals surface area contributed by atoms with E-state index < -0.39 is 5.97 Å². The van der Waals surface area contributed by atoms with Crippen molar-refractivity contribution in [2.75, 3.05) is 24.9 Å². The van der Waals surface area contributed by atoms with E-state index >= 15 is 0 Å². The van der Waals surface area contributed by atoms with Crippen LogP contribution in [-0.2, 0) is 4.74 Å². The number of halogens is 1. The van der Waals surface area contributed by atoms with Crippen LogP contribution in [0.25, 0.3) is 0 Å². The molecule has 0 saturated heterocycles. The maximum atomic E-state index is 11.9. The number of anilines is 4. The maximum Gasteiger partial charge on any atom is 0.339 e. The first-order valence-corrected chi connectivity index (χ1v) is 8.36. The summed E-state index contributed by atoms with van der Waals surface area (Å²) in [5.74, 6) is 1.04. The predicted molar refractivity (Wildman–Crippen MR) is 104 cm³/mol. The zero-order chi connectivity index (χ0) is 19.2. The summed E-state index contributed by atoms with van der Waals surface area (Å²) >= 11 is 6.13. The van der Waals surface area contributed by atoms with Crippen molar-refractivity contribution in [1.82, 2.24) is 9.97 Å². The molecule has 0 aliphatic heterocycles. The molecule has 0 unspecified atom stereocenters. The SMILES string of the molecule is COC(=O)c1ccccc1Nc1ccnc(Nc2ccc(OC)c(Cl)c2)n1. The molecular weight excluding hydrogens is 368 g/mol. The normalized spacial score (nSPS) is 10.2. The summed E-state index contributed by atoms with van der Waals surface area (Å²) in [5, 5.41) is 6.66. The summed E-state index contributed by atoms with van der Waals surface area (Å²) < 4.78 is 9.94. The maximum absolute atomic E-state index is 11.9. The number of benzene rings is 2. The molecule has 138 valence electrons. The van der Waals surface area contributed by atoms with Crippen molar-refractivity contribution in [1.29, 1.82) is 0 Å². The predicted octanol–water partition coefficient (Wildman–Crippen LogP) is 4.41. The highest BCUT2D eigenvalue weighted by Gasteiger charge is 2.12. The Bertz CT molecular complexity index is 965. The lowest BCUT2D eigenvalue weighted by Crippen LogP contribution is -2.06. The fraction of sp³-hybridized carbons (Fsp3) is 0.105. The summed E-state index contributed by atoms with van der Waals surface area (Å²) in [5.41, 5.74) is 1.71. The molecule has 1 heterocycles. The van der Waals surface area contributed by atoms with Gasteiger partial charge in [0.05, 0.1) is 30.5 Å². The summed E-state index contributed by atoms with van der Waals surface area (Å²) in [6.45, 7) is 0. The number of para-hydroxylation sites is 1. The molecule has 0 radical (unpaired) electrons. The van der Waals surface area contributed by atoms with E-state index in [1.54, 1.807) is 55.8 Å². The largest absolute Gasteiger partial charge is 0.495 e. The first kappa shape index (κ1) is 18.5. The van der Waals surface area contributed by atoms with E-state index in [4.69, 9.17) is 21.1 Å². The van der Waals surface area contributed by atoms with E-state index in [1.165, 1.54) is 7.11 Å². The van der Waals surface area contributed by atoms with Gasteiger partial charge in [-0.3, -0.25) is 0 Å². The lowest BCUT2D eigenvalue weighted by Gasteiger charge is -2.11. The molecule has 0 atom stereocenters. The molecule has 27 heavy (non-hydrogen) atoms. The third-order valence-electron chi connectivity index (χ3n) is 3.66. The monoisotopic (exact) mass is 384 g/mol. The number of carbonyl (C=O) groups excluding carboxylic acids is 1. The molecule has 0 saturated carbocycles. The fourth-order valence-corrected chi connectivity index (χ4v) is 2.64. The van der Waals surface area contributed by atoms with E-state index in [0.717, 1.165) is 0 Å². The van der Waals surface area contributed by atoms with Crippen LogP contribution in [0.15, 0.2) is 54.7 Å². The van der Waals surface area contributed by atoms with Gasteiger partial charge in [0.15, 0.2) is 0 Å². The molecule has 0 aliphatic rings. The summed E-state index contributed by atoms with van der Waals surface area (Å²) in [7, 11) is 2.89. The van der Waals surface area contributed by atoms with Crippen LogP contribution in [0.3, 0.4) is 0 Å². The number of aromatic nitrogens is 2. The highest BCUT2D eigenvalue weighted by atomic mass is 35.5. The first-order valence-electron chi connectivity index (χ1n) is 7.98. The molecule has 7 nitrogen and oxygen atoms in total. The Morgan fingerprint density at radius 3 is 2.63 bits per heavy atom. The number of hydrogen-bond acceptors (Lipinski definition) is 7. The van der Waals surface area contributed by atoms with Crippen molar-refractivity contribution in [3.8, 4) is 5.75 Å². The van der Waals surface area contributed by atoms with Crippen molar-refractivity contribution < 1.29 is 14.3 Å². The lowest BCUT2D eigenvalue weighted by atomic mass is 10.2. The molecule has 0 aliphatic carbocycles. The third kappa shape index (κ3) is 4.45. The minimum Gasteiger partial charge on any atom is -0.495 e. The standard InChI is InChI=1S/C19H17ClN4O3/c1-26-16-8-7-12(11-14(16)20)22-19-21-10-9-17(24-19)23-15-6-4-3-5-13(15)18(25)27-2/h3-11H,1-2H3,(H2,21,22,23,24). The Labute approximate surface area is 161 Å². The van der Waals surface area contributed by atoms with Crippen LogP contribution in [0.4, 0.5) is 23.1 Å². The van der Waals surface area contributed by atoms with Gasteiger partial charge in [-0.15, -0.1) is 0 Å². The molecule has 3 rings (SSSR count). The van der Waals surface area contributed by atoms with Gasteiger partial charge in [-0.05, 0) is 36.4 Å². The highest BCUT2D eigenvalue weighted by molar-refractivity contribution is 6.32. The average Bonchev–Trinajstić information content (AvgIpc) is 2.68. The van der Waals surface area contributed by atoms with Gasteiger partial charge in [0.25, 0.3) is 0 Å². The quantitative estimate of drug-likeness (QED) is 0.608. The molecule has 8 heteroatoms. The molecule has 3 aromatic rings. The number of carbonyl (C=O) groups is 1. The second-order valence-electron chi connectivity index (χ2n) is 5.40. The minimum absolute atomic E-state index is 0.372. The zero-order valence-electron chi connectivity index (χ0n) is 14.7. The molecular formula is C19H17ClN4O3. The number of nitrogens with one attached hydrogen (secondary N) is 2. The van der Waals surface area contributed by atoms with Crippen molar-refractivity contribution in [3.05, 3.63) is 65.3 Å². The minimum atomic E-state index is -0.432. The fourth-order valence-electron chi connectivity index (χ4n) is 2.38. The Balaban J connectivity index is 1.81. The van der Waals surface area contributed by atoms with Crippen LogP contribution in [0.2, 0.25) is 5.02 Å². The lowest BCUT2D eigenvalue weighted by molar-refractivity contribution is 0.0602. The highest BCUT2D eigenvalue weighted by Crippen LogP contribution is 2.28. The molecule has 0 bridgehead atoms. The number of esters is 1.